The molecule has 1 aromatic rings. The second-order valence-electron chi connectivity index (χ2n) is 3.56. The second kappa shape index (κ2) is 5.11. The molecule has 1 N–H and O–H groups in total. The highest BCUT2D eigenvalue weighted by molar-refractivity contribution is 9.10. The molecular formula is C9H14BrN3O2S. The van der Waals surface area contributed by atoms with Crippen molar-refractivity contribution in [2.75, 3.05) is 11.8 Å². The summed E-state index contributed by atoms with van der Waals surface area (Å²) in [6.45, 7) is 3.61. The maximum atomic E-state index is 11.9. The van der Waals surface area contributed by atoms with Crippen LogP contribution in [0.2, 0.25) is 0 Å². The lowest BCUT2D eigenvalue weighted by molar-refractivity contribution is 0.414. The second-order valence-corrected chi connectivity index (χ2v) is 6.04. The van der Waals surface area contributed by atoms with Crippen molar-refractivity contribution in [1.82, 2.24) is 9.29 Å². The van der Waals surface area contributed by atoms with Crippen molar-refractivity contribution in [3.8, 4) is 0 Å². The Morgan fingerprint density at radius 2 is 2.12 bits per heavy atom. The van der Waals surface area contributed by atoms with Crippen molar-refractivity contribution in [1.29, 1.82) is 0 Å². The lowest BCUT2D eigenvalue weighted by atomic mass is 10.4. The molecule has 0 aromatic carbocycles. The van der Waals surface area contributed by atoms with Gasteiger partial charge < -0.3 is 0 Å². The third-order valence-electron chi connectivity index (χ3n) is 2.10. The third kappa shape index (κ3) is 3.16. The summed E-state index contributed by atoms with van der Waals surface area (Å²) in [5.74, 6) is 0. The Balaban J connectivity index is 2.94. The molecule has 1 rings (SSSR count). The molecule has 0 aliphatic carbocycles. The topological polar surface area (TPSA) is 62.3 Å². The predicted octanol–water partition coefficient (Wildman–Crippen LogP) is 1.84. The zero-order valence-electron chi connectivity index (χ0n) is 9.31. The van der Waals surface area contributed by atoms with Crippen molar-refractivity contribution in [3.05, 3.63) is 22.9 Å². The molecule has 0 saturated heterocycles. The van der Waals surface area contributed by atoms with Gasteiger partial charge in [0.1, 0.15) is 4.60 Å². The van der Waals surface area contributed by atoms with Crippen molar-refractivity contribution in [3.63, 3.8) is 0 Å². The van der Waals surface area contributed by atoms with Crippen LogP contribution in [-0.4, -0.2) is 30.8 Å². The minimum atomic E-state index is -3.52. The van der Waals surface area contributed by atoms with Crippen LogP contribution in [0.4, 0.5) is 5.69 Å². The van der Waals surface area contributed by atoms with Crippen LogP contribution in [-0.2, 0) is 10.2 Å². The first-order chi connectivity index (χ1) is 7.34. The molecule has 16 heavy (non-hydrogen) atoms. The van der Waals surface area contributed by atoms with E-state index in [0.717, 1.165) is 0 Å². The average Bonchev–Trinajstić information content (AvgIpc) is 2.20. The zero-order chi connectivity index (χ0) is 12.3. The summed E-state index contributed by atoms with van der Waals surface area (Å²) in [4.78, 5) is 3.94. The Labute approximate surface area is 104 Å². The molecule has 0 aliphatic heterocycles. The summed E-state index contributed by atoms with van der Waals surface area (Å²) in [7, 11) is -2.00. The Hall–Kier alpha value is -0.660. The summed E-state index contributed by atoms with van der Waals surface area (Å²) in [5, 5.41) is 0. The molecule has 1 aromatic heterocycles. The fraction of sp³-hybridized carbons (Fsp3) is 0.444. The first kappa shape index (κ1) is 13.4. The summed E-state index contributed by atoms with van der Waals surface area (Å²) in [6.07, 6.45) is 1.58. The lowest BCUT2D eigenvalue weighted by Crippen LogP contribution is -2.37. The molecule has 0 fully saturated rings. The first-order valence-corrected chi connectivity index (χ1v) is 6.94. The van der Waals surface area contributed by atoms with E-state index in [4.69, 9.17) is 0 Å². The van der Waals surface area contributed by atoms with E-state index >= 15 is 0 Å². The molecule has 0 atom stereocenters. The van der Waals surface area contributed by atoms with E-state index in [9.17, 15) is 8.42 Å². The van der Waals surface area contributed by atoms with Gasteiger partial charge >= 0.3 is 10.2 Å². The standard InChI is InChI=1S/C9H14BrN3O2S/c1-7(2)13(3)16(14,15)12-8-5-4-6-11-9(8)10/h4-7,12H,1-3H3. The summed E-state index contributed by atoms with van der Waals surface area (Å²) < 4.78 is 27.9. The summed E-state index contributed by atoms with van der Waals surface area (Å²) in [6, 6.07) is 3.20. The van der Waals surface area contributed by atoms with Gasteiger partial charge in [0, 0.05) is 19.3 Å². The predicted molar refractivity (Wildman–Crippen MR) is 67.4 cm³/mol. The van der Waals surface area contributed by atoms with Gasteiger partial charge in [-0.15, -0.1) is 0 Å². The van der Waals surface area contributed by atoms with Crippen molar-refractivity contribution >= 4 is 31.8 Å². The Morgan fingerprint density at radius 1 is 1.50 bits per heavy atom. The van der Waals surface area contributed by atoms with Crippen molar-refractivity contribution < 1.29 is 8.42 Å². The summed E-state index contributed by atoms with van der Waals surface area (Å²) >= 11 is 3.18. The van der Waals surface area contributed by atoms with Crippen LogP contribution in [0.25, 0.3) is 0 Å². The number of rotatable bonds is 4. The zero-order valence-corrected chi connectivity index (χ0v) is 11.7. The number of anilines is 1. The molecule has 0 saturated carbocycles. The van der Waals surface area contributed by atoms with Gasteiger partial charge in [-0.1, -0.05) is 0 Å². The minimum Gasteiger partial charge on any atom is -0.268 e. The summed E-state index contributed by atoms with van der Waals surface area (Å²) in [5.41, 5.74) is 0.426. The molecule has 0 bridgehead atoms. The van der Waals surface area contributed by atoms with Gasteiger partial charge in [-0.05, 0) is 41.9 Å². The first-order valence-electron chi connectivity index (χ1n) is 4.71. The highest BCUT2D eigenvalue weighted by atomic mass is 79.9. The molecule has 0 spiro atoms. The number of nitrogens with one attached hydrogen (secondary N) is 1. The smallest absolute Gasteiger partial charge is 0.268 e. The van der Waals surface area contributed by atoms with Crippen LogP contribution in [0.15, 0.2) is 22.9 Å². The molecule has 5 nitrogen and oxygen atoms in total. The Kier molecular flexibility index (Phi) is 4.28. The van der Waals surface area contributed by atoms with E-state index in [1.54, 1.807) is 32.2 Å². The van der Waals surface area contributed by atoms with Gasteiger partial charge in [0.25, 0.3) is 0 Å². The van der Waals surface area contributed by atoms with Gasteiger partial charge in [-0.2, -0.15) is 12.7 Å². The number of nitrogens with zero attached hydrogens (tertiary/aromatic N) is 2. The fourth-order valence-electron chi connectivity index (χ4n) is 0.951. The molecule has 0 radical (unpaired) electrons. The number of halogens is 1. The maximum absolute atomic E-state index is 11.9. The van der Waals surface area contributed by atoms with Crippen LogP contribution in [0.5, 0.6) is 0 Å². The average molecular weight is 308 g/mol. The van der Waals surface area contributed by atoms with Crippen LogP contribution >= 0.6 is 15.9 Å². The van der Waals surface area contributed by atoms with E-state index in [2.05, 4.69) is 25.6 Å². The number of pyridine rings is 1. The van der Waals surface area contributed by atoms with Gasteiger partial charge in [0.05, 0.1) is 5.69 Å². The molecule has 1 heterocycles. The highest BCUT2D eigenvalue weighted by Gasteiger charge is 2.21. The number of hydrogen-bond donors (Lipinski definition) is 1. The molecule has 7 heteroatoms. The van der Waals surface area contributed by atoms with Gasteiger partial charge in [-0.3, -0.25) is 4.72 Å². The molecule has 90 valence electrons. The van der Waals surface area contributed by atoms with E-state index < -0.39 is 10.2 Å². The van der Waals surface area contributed by atoms with E-state index in [0.29, 0.717) is 10.3 Å². The third-order valence-corrected chi connectivity index (χ3v) is 4.39. The Bertz CT molecular complexity index is 462. The molecule has 0 unspecified atom stereocenters. The quantitative estimate of drug-likeness (QED) is 0.863. The van der Waals surface area contributed by atoms with Crippen LogP contribution in [0, 0.1) is 0 Å². The van der Waals surface area contributed by atoms with Crippen molar-refractivity contribution in [2.45, 2.75) is 19.9 Å². The van der Waals surface area contributed by atoms with Crippen molar-refractivity contribution in [2.24, 2.45) is 0 Å². The van der Waals surface area contributed by atoms with Crippen LogP contribution in [0.1, 0.15) is 13.8 Å². The minimum absolute atomic E-state index is 0.104. The monoisotopic (exact) mass is 307 g/mol. The maximum Gasteiger partial charge on any atom is 0.301 e. The highest BCUT2D eigenvalue weighted by Crippen LogP contribution is 2.20. The molecule has 0 amide bonds. The molecular weight excluding hydrogens is 294 g/mol. The van der Waals surface area contributed by atoms with Crippen LogP contribution < -0.4 is 4.72 Å². The number of hydrogen-bond acceptors (Lipinski definition) is 3. The molecule has 0 aliphatic rings. The largest absolute Gasteiger partial charge is 0.301 e. The van der Waals surface area contributed by atoms with E-state index in [1.165, 1.54) is 11.4 Å². The fourth-order valence-corrected chi connectivity index (χ4v) is 2.57. The van der Waals surface area contributed by atoms with Crippen LogP contribution in [0.3, 0.4) is 0 Å². The van der Waals surface area contributed by atoms with E-state index in [1.807, 2.05) is 0 Å². The van der Waals surface area contributed by atoms with Gasteiger partial charge in [0.15, 0.2) is 0 Å². The Morgan fingerprint density at radius 3 is 2.62 bits per heavy atom. The normalized spacial score (nSPS) is 12.1. The van der Waals surface area contributed by atoms with Gasteiger partial charge in [0.2, 0.25) is 0 Å². The SMILES string of the molecule is CC(C)N(C)S(=O)(=O)Nc1cccnc1Br. The van der Waals surface area contributed by atoms with Gasteiger partial charge in [-0.25, -0.2) is 4.98 Å². The lowest BCUT2D eigenvalue weighted by Gasteiger charge is -2.21. The van der Waals surface area contributed by atoms with E-state index in [-0.39, 0.29) is 6.04 Å². The number of aromatic nitrogens is 1.